The van der Waals surface area contributed by atoms with E-state index in [4.69, 9.17) is 0 Å². The summed E-state index contributed by atoms with van der Waals surface area (Å²) in [5, 5.41) is 4.84. The zero-order chi connectivity index (χ0) is 13.1. The number of H-pyrrole nitrogens is 1. The van der Waals surface area contributed by atoms with Gasteiger partial charge in [-0.15, -0.1) is 0 Å². The van der Waals surface area contributed by atoms with Crippen molar-refractivity contribution in [2.24, 2.45) is 0 Å². The van der Waals surface area contributed by atoms with Gasteiger partial charge in [0.1, 0.15) is 0 Å². The molecule has 0 radical (unpaired) electrons. The standard InChI is InChI=1S/C16H23N3/c1-2-4-16(19-11-9-17-10-12-19)14-5-3-6-15-13(14)7-8-18-15/h3,5-8,16-18H,2,4,9-12H2,1H3/t16-/m0/s1. The lowest BCUT2D eigenvalue weighted by Crippen LogP contribution is -2.45. The molecule has 1 aromatic carbocycles. The van der Waals surface area contributed by atoms with Crippen molar-refractivity contribution in [1.29, 1.82) is 0 Å². The molecule has 2 heterocycles. The molecule has 3 heteroatoms. The second-order valence-electron chi connectivity index (χ2n) is 5.38. The molecule has 0 spiro atoms. The number of aromatic amines is 1. The minimum absolute atomic E-state index is 0.562. The van der Waals surface area contributed by atoms with Gasteiger partial charge >= 0.3 is 0 Å². The molecule has 1 saturated heterocycles. The summed E-state index contributed by atoms with van der Waals surface area (Å²) in [6, 6.07) is 9.43. The summed E-state index contributed by atoms with van der Waals surface area (Å²) < 4.78 is 0. The van der Waals surface area contributed by atoms with Crippen molar-refractivity contribution in [2.75, 3.05) is 26.2 Å². The van der Waals surface area contributed by atoms with Crippen LogP contribution in [0.2, 0.25) is 0 Å². The predicted molar refractivity (Wildman–Crippen MR) is 80.4 cm³/mol. The molecule has 102 valence electrons. The Morgan fingerprint density at radius 2 is 2.05 bits per heavy atom. The van der Waals surface area contributed by atoms with Crippen LogP contribution in [0, 0.1) is 0 Å². The average molecular weight is 257 g/mol. The van der Waals surface area contributed by atoms with Crippen LogP contribution in [0.1, 0.15) is 31.4 Å². The van der Waals surface area contributed by atoms with E-state index in [0.717, 1.165) is 26.2 Å². The first-order valence-corrected chi connectivity index (χ1v) is 7.41. The number of nitrogens with one attached hydrogen (secondary N) is 2. The Labute approximate surface area is 115 Å². The van der Waals surface area contributed by atoms with E-state index in [9.17, 15) is 0 Å². The fourth-order valence-electron chi connectivity index (χ4n) is 3.20. The second-order valence-corrected chi connectivity index (χ2v) is 5.38. The van der Waals surface area contributed by atoms with Crippen LogP contribution in [0.3, 0.4) is 0 Å². The monoisotopic (exact) mass is 257 g/mol. The van der Waals surface area contributed by atoms with Crippen LogP contribution in [0.5, 0.6) is 0 Å². The molecular formula is C16H23N3. The maximum atomic E-state index is 3.45. The van der Waals surface area contributed by atoms with Crippen molar-refractivity contribution in [3.8, 4) is 0 Å². The molecule has 2 N–H and O–H groups in total. The molecule has 1 atom stereocenters. The lowest BCUT2D eigenvalue weighted by atomic mass is 9.96. The summed E-state index contributed by atoms with van der Waals surface area (Å²) in [7, 11) is 0. The topological polar surface area (TPSA) is 31.1 Å². The van der Waals surface area contributed by atoms with Crippen molar-refractivity contribution in [3.63, 3.8) is 0 Å². The summed E-state index contributed by atoms with van der Waals surface area (Å²) in [4.78, 5) is 5.97. The molecule has 19 heavy (non-hydrogen) atoms. The first-order chi connectivity index (χ1) is 9.40. The van der Waals surface area contributed by atoms with Gasteiger partial charge in [-0.3, -0.25) is 4.90 Å². The fourth-order valence-corrected chi connectivity index (χ4v) is 3.20. The number of hydrogen-bond acceptors (Lipinski definition) is 2. The minimum Gasteiger partial charge on any atom is -0.361 e. The Morgan fingerprint density at radius 3 is 2.84 bits per heavy atom. The summed E-state index contributed by atoms with van der Waals surface area (Å²) in [5.74, 6) is 0. The van der Waals surface area contributed by atoms with Gasteiger partial charge in [0.15, 0.2) is 0 Å². The van der Waals surface area contributed by atoms with E-state index < -0.39 is 0 Å². The SMILES string of the molecule is CCC[C@@H](c1cccc2[nH]ccc12)N1CCNCC1. The molecule has 1 fully saturated rings. The van der Waals surface area contributed by atoms with E-state index in [2.05, 4.69) is 52.6 Å². The lowest BCUT2D eigenvalue weighted by molar-refractivity contribution is 0.165. The first kappa shape index (κ1) is 12.7. The van der Waals surface area contributed by atoms with Gasteiger partial charge < -0.3 is 10.3 Å². The van der Waals surface area contributed by atoms with Gasteiger partial charge in [0.25, 0.3) is 0 Å². The molecule has 3 rings (SSSR count). The molecule has 2 aromatic rings. The third-order valence-electron chi connectivity index (χ3n) is 4.14. The molecular weight excluding hydrogens is 234 g/mol. The molecule has 1 aliphatic heterocycles. The van der Waals surface area contributed by atoms with Crippen LogP contribution < -0.4 is 5.32 Å². The third-order valence-corrected chi connectivity index (χ3v) is 4.14. The Morgan fingerprint density at radius 1 is 1.21 bits per heavy atom. The molecule has 0 amide bonds. The maximum Gasteiger partial charge on any atom is 0.0457 e. The second kappa shape index (κ2) is 5.76. The van der Waals surface area contributed by atoms with E-state index >= 15 is 0 Å². The van der Waals surface area contributed by atoms with Crippen molar-refractivity contribution < 1.29 is 0 Å². The number of piperazine rings is 1. The highest BCUT2D eigenvalue weighted by Gasteiger charge is 2.22. The highest BCUT2D eigenvalue weighted by molar-refractivity contribution is 5.83. The predicted octanol–water partition coefficient (Wildman–Crippen LogP) is 2.91. The molecule has 1 aliphatic rings. The van der Waals surface area contributed by atoms with E-state index in [1.54, 1.807) is 0 Å². The summed E-state index contributed by atoms with van der Waals surface area (Å²) in [6.45, 7) is 6.83. The van der Waals surface area contributed by atoms with Gasteiger partial charge in [0.2, 0.25) is 0 Å². The van der Waals surface area contributed by atoms with Crippen LogP contribution >= 0.6 is 0 Å². The third kappa shape index (κ3) is 2.53. The summed E-state index contributed by atoms with van der Waals surface area (Å²) in [5.41, 5.74) is 2.75. The minimum atomic E-state index is 0.562. The van der Waals surface area contributed by atoms with Gasteiger partial charge in [-0.2, -0.15) is 0 Å². The molecule has 0 aliphatic carbocycles. The quantitative estimate of drug-likeness (QED) is 0.882. The van der Waals surface area contributed by atoms with Gasteiger partial charge in [-0.05, 0) is 24.1 Å². The van der Waals surface area contributed by atoms with Gasteiger partial charge in [-0.1, -0.05) is 25.5 Å². The number of benzene rings is 1. The van der Waals surface area contributed by atoms with Gasteiger partial charge in [-0.25, -0.2) is 0 Å². The van der Waals surface area contributed by atoms with Gasteiger partial charge in [0.05, 0.1) is 0 Å². The van der Waals surface area contributed by atoms with Crippen molar-refractivity contribution in [3.05, 3.63) is 36.0 Å². The molecule has 3 nitrogen and oxygen atoms in total. The van der Waals surface area contributed by atoms with Crippen molar-refractivity contribution in [2.45, 2.75) is 25.8 Å². The number of aromatic nitrogens is 1. The Hall–Kier alpha value is -1.32. The van der Waals surface area contributed by atoms with E-state index in [1.165, 1.54) is 29.3 Å². The average Bonchev–Trinajstić information content (AvgIpc) is 2.94. The van der Waals surface area contributed by atoms with Gasteiger partial charge in [0, 0.05) is 49.3 Å². The molecule has 0 unspecified atom stereocenters. The van der Waals surface area contributed by atoms with Crippen LogP contribution in [0.15, 0.2) is 30.5 Å². The Bertz CT molecular complexity index is 526. The zero-order valence-electron chi connectivity index (χ0n) is 11.7. The number of hydrogen-bond donors (Lipinski definition) is 2. The Kier molecular flexibility index (Phi) is 3.85. The molecule has 0 bridgehead atoms. The number of nitrogens with zero attached hydrogens (tertiary/aromatic N) is 1. The van der Waals surface area contributed by atoms with Crippen LogP contribution in [-0.2, 0) is 0 Å². The largest absolute Gasteiger partial charge is 0.361 e. The Balaban J connectivity index is 1.96. The van der Waals surface area contributed by atoms with E-state index in [1.807, 2.05) is 0 Å². The van der Waals surface area contributed by atoms with E-state index in [0.29, 0.717) is 6.04 Å². The zero-order valence-corrected chi connectivity index (χ0v) is 11.7. The molecule has 0 saturated carbocycles. The number of fused-ring (bicyclic) bond motifs is 1. The van der Waals surface area contributed by atoms with E-state index in [-0.39, 0.29) is 0 Å². The summed E-state index contributed by atoms with van der Waals surface area (Å²) >= 11 is 0. The fraction of sp³-hybridized carbons (Fsp3) is 0.500. The van der Waals surface area contributed by atoms with Crippen molar-refractivity contribution >= 4 is 10.9 Å². The lowest BCUT2D eigenvalue weighted by Gasteiger charge is -2.35. The number of rotatable bonds is 4. The van der Waals surface area contributed by atoms with Crippen LogP contribution in [0.25, 0.3) is 10.9 Å². The highest BCUT2D eigenvalue weighted by Crippen LogP contribution is 2.31. The van der Waals surface area contributed by atoms with Crippen molar-refractivity contribution in [1.82, 2.24) is 15.2 Å². The summed E-state index contributed by atoms with van der Waals surface area (Å²) in [6.07, 6.45) is 4.52. The normalized spacial score (nSPS) is 18.8. The molecule has 1 aromatic heterocycles. The van der Waals surface area contributed by atoms with Crippen LogP contribution in [0.4, 0.5) is 0 Å². The smallest absolute Gasteiger partial charge is 0.0457 e. The first-order valence-electron chi connectivity index (χ1n) is 7.41. The maximum absolute atomic E-state index is 3.45. The highest BCUT2D eigenvalue weighted by atomic mass is 15.2. The van der Waals surface area contributed by atoms with Crippen LogP contribution in [-0.4, -0.2) is 36.1 Å².